The first-order valence-electron chi connectivity index (χ1n) is 10.3. The van der Waals surface area contributed by atoms with E-state index in [0.29, 0.717) is 37.2 Å². The lowest BCUT2D eigenvalue weighted by Crippen LogP contribution is -2.84. The summed E-state index contributed by atoms with van der Waals surface area (Å²) in [6, 6.07) is 7.85. The lowest BCUT2D eigenvalue weighted by molar-refractivity contribution is -0.150. The number of hydrogen-bond acceptors (Lipinski definition) is 5. The number of fused-ring (bicyclic) bond motifs is 1. The van der Waals surface area contributed by atoms with Crippen molar-refractivity contribution in [3.8, 4) is 5.75 Å². The molecule has 10 heteroatoms. The minimum absolute atomic E-state index is 0.0136. The summed E-state index contributed by atoms with van der Waals surface area (Å²) < 4.78 is 32.1. The van der Waals surface area contributed by atoms with Crippen LogP contribution >= 0.6 is 11.6 Å². The number of nitrogens with one attached hydrogen (secondary N) is 4. The average molecular weight is 463 g/mol. The van der Waals surface area contributed by atoms with Crippen molar-refractivity contribution in [3.63, 3.8) is 0 Å². The fourth-order valence-electron chi connectivity index (χ4n) is 4.85. The Balaban J connectivity index is 1.08. The van der Waals surface area contributed by atoms with Gasteiger partial charge in [0.05, 0.1) is 16.4 Å². The first kappa shape index (κ1) is 20.8. The van der Waals surface area contributed by atoms with Crippen molar-refractivity contribution in [3.05, 3.63) is 53.1 Å². The van der Waals surface area contributed by atoms with Crippen LogP contribution in [0.25, 0.3) is 0 Å². The molecule has 6 rings (SSSR count). The number of carbonyl (C=O) groups excluding carboxylic acids is 2. The first-order chi connectivity index (χ1) is 15.2. The van der Waals surface area contributed by atoms with Crippen molar-refractivity contribution < 1.29 is 23.1 Å². The Kier molecular flexibility index (Phi) is 4.88. The van der Waals surface area contributed by atoms with Crippen LogP contribution in [0.3, 0.4) is 0 Å². The summed E-state index contributed by atoms with van der Waals surface area (Å²) in [5.41, 5.74) is 0.667. The second-order valence-electron chi connectivity index (χ2n) is 8.76. The molecule has 0 aromatic heterocycles. The highest BCUT2D eigenvalue weighted by Crippen LogP contribution is 2.60. The maximum atomic E-state index is 13.4. The summed E-state index contributed by atoms with van der Waals surface area (Å²) >= 11 is 5.63. The fourth-order valence-corrected chi connectivity index (χ4v) is 4.96. The van der Waals surface area contributed by atoms with Crippen molar-refractivity contribution in [2.45, 2.75) is 36.4 Å². The number of ether oxygens (including phenoxy) is 1. The Morgan fingerprint density at radius 3 is 2.56 bits per heavy atom. The fraction of sp³-hybridized carbons (Fsp3) is 0.364. The van der Waals surface area contributed by atoms with Crippen molar-refractivity contribution >= 4 is 34.8 Å². The minimum Gasteiger partial charge on any atom is -0.484 e. The second-order valence-corrected chi connectivity index (χ2v) is 9.17. The molecule has 0 radical (unpaired) electrons. The van der Waals surface area contributed by atoms with E-state index < -0.39 is 11.9 Å². The van der Waals surface area contributed by atoms with Gasteiger partial charge in [-0.05, 0) is 49.6 Å². The summed E-state index contributed by atoms with van der Waals surface area (Å²) in [5, 5.41) is 12.2. The highest BCUT2D eigenvalue weighted by atomic mass is 35.5. The van der Waals surface area contributed by atoms with Gasteiger partial charge >= 0.3 is 0 Å². The molecule has 2 bridgehead atoms. The predicted molar refractivity (Wildman–Crippen MR) is 115 cm³/mol. The highest BCUT2D eigenvalue weighted by molar-refractivity contribution is 6.30. The third-order valence-electron chi connectivity index (χ3n) is 6.21. The molecule has 1 aliphatic heterocycles. The molecule has 3 fully saturated rings. The minimum atomic E-state index is -0.611. The Hall–Kier alpha value is -3.07. The molecule has 1 atom stereocenters. The number of halogens is 3. The number of carbonyl (C=O) groups is 2. The normalized spacial score (nSPS) is 26.9. The average Bonchev–Trinajstić information content (AvgIpc) is 2.71. The quantitative estimate of drug-likeness (QED) is 0.530. The monoisotopic (exact) mass is 462 g/mol. The number of benzene rings is 2. The van der Waals surface area contributed by atoms with Gasteiger partial charge in [-0.1, -0.05) is 11.6 Å². The van der Waals surface area contributed by atoms with Crippen LogP contribution in [0, 0.1) is 11.6 Å². The topological polar surface area (TPSA) is 91.5 Å². The molecule has 2 aromatic carbocycles. The van der Waals surface area contributed by atoms with Crippen LogP contribution < -0.4 is 26.0 Å². The van der Waals surface area contributed by atoms with Crippen LogP contribution in [0.2, 0.25) is 5.02 Å². The molecule has 4 aliphatic rings. The van der Waals surface area contributed by atoms with Gasteiger partial charge < -0.3 is 26.0 Å². The summed E-state index contributed by atoms with van der Waals surface area (Å²) in [6.45, 7) is 0.114. The number of hydrogen-bond donors (Lipinski definition) is 4. The molecule has 0 spiro atoms. The number of rotatable bonds is 6. The number of anilines is 2. The van der Waals surface area contributed by atoms with E-state index in [-0.39, 0.29) is 46.1 Å². The first-order valence-corrected chi connectivity index (χ1v) is 10.6. The molecule has 2 aromatic rings. The van der Waals surface area contributed by atoms with Gasteiger partial charge in [-0.2, -0.15) is 0 Å². The summed E-state index contributed by atoms with van der Waals surface area (Å²) in [6.07, 6.45) is 1.94. The van der Waals surface area contributed by atoms with Gasteiger partial charge in [0, 0.05) is 23.7 Å². The zero-order chi connectivity index (χ0) is 22.5. The van der Waals surface area contributed by atoms with Gasteiger partial charge in [-0.15, -0.1) is 0 Å². The van der Waals surface area contributed by atoms with E-state index >= 15 is 0 Å². The van der Waals surface area contributed by atoms with Crippen molar-refractivity contribution in [2.24, 2.45) is 0 Å². The molecule has 2 amide bonds. The maximum Gasteiger partial charge on any atom is 0.258 e. The molecule has 32 heavy (non-hydrogen) atoms. The van der Waals surface area contributed by atoms with E-state index in [1.807, 2.05) is 0 Å². The van der Waals surface area contributed by atoms with Crippen molar-refractivity contribution in [2.75, 3.05) is 23.8 Å². The molecule has 0 saturated heterocycles. The van der Waals surface area contributed by atoms with Gasteiger partial charge in [0.25, 0.3) is 5.91 Å². The van der Waals surface area contributed by atoms with E-state index in [4.69, 9.17) is 16.3 Å². The summed E-state index contributed by atoms with van der Waals surface area (Å²) in [7, 11) is 0. The Morgan fingerprint density at radius 2 is 1.81 bits per heavy atom. The van der Waals surface area contributed by atoms with Crippen LogP contribution in [0.1, 0.15) is 19.3 Å². The lowest BCUT2D eigenvalue weighted by Gasteiger charge is -2.70. The van der Waals surface area contributed by atoms with Crippen LogP contribution in [0.5, 0.6) is 5.75 Å². The van der Waals surface area contributed by atoms with E-state index in [9.17, 15) is 18.4 Å². The van der Waals surface area contributed by atoms with Gasteiger partial charge in [-0.3, -0.25) is 9.59 Å². The molecular weight excluding hydrogens is 442 g/mol. The molecule has 1 unspecified atom stereocenters. The van der Waals surface area contributed by atoms with Gasteiger partial charge in [0.1, 0.15) is 23.4 Å². The van der Waals surface area contributed by atoms with E-state index in [1.54, 1.807) is 6.07 Å². The third-order valence-corrected chi connectivity index (χ3v) is 6.52. The molecule has 168 valence electrons. The Morgan fingerprint density at radius 1 is 1.06 bits per heavy atom. The highest BCUT2D eigenvalue weighted by Gasteiger charge is 2.69. The van der Waals surface area contributed by atoms with E-state index in [2.05, 4.69) is 21.3 Å². The number of amides is 2. The third kappa shape index (κ3) is 3.81. The standard InChI is InChI=1S/C22H21ClF2N4O3/c23-14-3-2-13(6-15(14)25)32-8-19(30)28-21-9-22(10-21,11-21)29-20(31)18-7-26-17-5-12(24)1-4-16(17)27-18/h1-6,18,26-27H,7-11H2,(H,28,30)(H,29,31). The molecule has 3 saturated carbocycles. The molecule has 7 nitrogen and oxygen atoms in total. The van der Waals surface area contributed by atoms with E-state index in [0.717, 1.165) is 6.07 Å². The maximum absolute atomic E-state index is 13.4. The Labute approximate surface area is 187 Å². The molecule has 4 N–H and O–H groups in total. The van der Waals surface area contributed by atoms with Gasteiger partial charge in [-0.25, -0.2) is 8.78 Å². The van der Waals surface area contributed by atoms with Gasteiger partial charge in [0.2, 0.25) is 5.91 Å². The van der Waals surface area contributed by atoms with Crippen LogP contribution in [0.4, 0.5) is 20.2 Å². The molecule has 1 heterocycles. The summed E-state index contributed by atoms with van der Waals surface area (Å²) in [4.78, 5) is 24.9. The Bertz CT molecular complexity index is 1090. The molecule has 3 aliphatic carbocycles. The zero-order valence-corrected chi connectivity index (χ0v) is 17.7. The van der Waals surface area contributed by atoms with Crippen LogP contribution in [-0.4, -0.2) is 42.1 Å². The van der Waals surface area contributed by atoms with E-state index in [1.165, 1.54) is 24.3 Å². The summed E-state index contributed by atoms with van der Waals surface area (Å²) in [5.74, 6) is -1.17. The van der Waals surface area contributed by atoms with Crippen LogP contribution in [0.15, 0.2) is 36.4 Å². The predicted octanol–water partition coefficient (Wildman–Crippen LogP) is 2.81. The van der Waals surface area contributed by atoms with Gasteiger partial charge in [0.15, 0.2) is 6.61 Å². The van der Waals surface area contributed by atoms with Crippen molar-refractivity contribution in [1.29, 1.82) is 0 Å². The second kappa shape index (κ2) is 7.51. The lowest BCUT2D eigenvalue weighted by atomic mass is 9.44. The largest absolute Gasteiger partial charge is 0.484 e. The smallest absolute Gasteiger partial charge is 0.258 e. The van der Waals surface area contributed by atoms with Crippen LogP contribution in [-0.2, 0) is 9.59 Å². The zero-order valence-electron chi connectivity index (χ0n) is 16.9. The van der Waals surface area contributed by atoms with Crippen molar-refractivity contribution in [1.82, 2.24) is 10.6 Å². The molecular formula is C22H21ClF2N4O3. The SMILES string of the molecule is O=C(COc1ccc(Cl)c(F)c1)NC12CC(NC(=O)C3CNc4cc(F)ccc4N3)(C1)C2.